The Hall–Kier alpha value is -1.17. The Balaban J connectivity index is 1.68. The average molecular weight is 393 g/mol. The van der Waals surface area contributed by atoms with E-state index in [1.165, 1.54) is 4.88 Å². The Morgan fingerprint density at radius 3 is 2.52 bits per heavy atom. The summed E-state index contributed by atoms with van der Waals surface area (Å²) < 4.78 is 1.04. The predicted octanol–water partition coefficient (Wildman–Crippen LogP) is 3.96. The lowest BCUT2D eigenvalue weighted by Crippen LogP contribution is -2.39. The molecule has 3 nitrogen and oxygen atoms in total. The number of rotatable bonds is 6. The third-order valence-corrected chi connectivity index (χ3v) is 6.03. The molecule has 1 saturated carbocycles. The molecular formula is C18H21BrN2OS. The average Bonchev–Trinajstić information content (AvgIpc) is 3.17. The number of benzene rings is 1. The van der Waals surface area contributed by atoms with E-state index < -0.39 is 0 Å². The van der Waals surface area contributed by atoms with E-state index in [0.717, 1.165) is 22.9 Å². The van der Waals surface area contributed by atoms with Crippen LogP contribution in [-0.4, -0.2) is 31.4 Å². The van der Waals surface area contributed by atoms with E-state index in [4.69, 9.17) is 0 Å². The van der Waals surface area contributed by atoms with Gasteiger partial charge in [0.25, 0.3) is 0 Å². The van der Waals surface area contributed by atoms with Crippen LogP contribution >= 0.6 is 27.3 Å². The Kier molecular flexibility index (Phi) is 4.90. The van der Waals surface area contributed by atoms with Crippen molar-refractivity contribution in [2.45, 2.75) is 24.3 Å². The van der Waals surface area contributed by atoms with Gasteiger partial charge in [-0.2, -0.15) is 0 Å². The number of carbonyl (C=O) groups is 1. The third-order valence-electron chi connectivity index (χ3n) is 4.53. The summed E-state index contributed by atoms with van der Waals surface area (Å²) in [6, 6.07) is 12.5. The molecule has 0 unspecified atom stereocenters. The van der Waals surface area contributed by atoms with Crippen molar-refractivity contribution in [3.8, 4) is 0 Å². The van der Waals surface area contributed by atoms with Crippen molar-refractivity contribution in [3.05, 3.63) is 56.7 Å². The Bertz CT molecular complexity index is 663. The molecule has 1 aliphatic rings. The molecule has 0 bridgehead atoms. The van der Waals surface area contributed by atoms with Gasteiger partial charge in [-0.15, -0.1) is 11.3 Å². The summed E-state index contributed by atoms with van der Waals surface area (Å²) in [4.78, 5) is 16.2. The first-order chi connectivity index (χ1) is 11.0. The van der Waals surface area contributed by atoms with Crippen LogP contribution < -0.4 is 5.32 Å². The van der Waals surface area contributed by atoms with E-state index >= 15 is 0 Å². The van der Waals surface area contributed by atoms with Gasteiger partial charge in [-0.05, 0) is 56.1 Å². The first-order valence-electron chi connectivity index (χ1n) is 7.77. The molecule has 3 rings (SSSR count). The number of likely N-dealkylation sites (N-methyl/N-ethyl adjacent to an activating group) is 1. The minimum Gasteiger partial charge on any atom is -0.353 e. The Morgan fingerprint density at radius 2 is 2.00 bits per heavy atom. The molecule has 1 aromatic heterocycles. The van der Waals surface area contributed by atoms with Crippen LogP contribution in [0.5, 0.6) is 0 Å². The number of nitrogens with one attached hydrogen (secondary N) is 1. The molecule has 1 aromatic carbocycles. The fraction of sp³-hybridized carbons (Fsp3) is 0.389. The smallest absolute Gasteiger partial charge is 0.230 e. The Labute approximate surface area is 149 Å². The van der Waals surface area contributed by atoms with Crippen molar-refractivity contribution in [1.29, 1.82) is 0 Å². The second-order valence-electron chi connectivity index (χ2n) is 6.29. The molecule has 0 spiro atoms. The standard InChI is InChI=1S/C18H21BrN2OS/c1-21(2)15(16-4-3-11-23-16)12-20-17(22)18(9-10-18)13-5-7-14(19)8-6-13/h3-8,11,15H,9-10,12H2,1-2H3,(H,20,22)/t15-/m1/s1. The van der Waals surface area contributed by atoms with Crippen molar-refractivity contribution in [1.82, 2.24) is 10.2 Å². The molecule has 0 radical (unpaired) electrons. The summed E-state index contributed by atoms with van der Waals surface area (Å²) in [6.45, 7) is 0.643. The van der Waals surface area contributed by atoms with Crippen molar-refractivity contribution in [2.24, 2.45) is 0 Å². The van der Waals surface area contributed by atoms with E-state index in [-0.39, 0.29) is 17.4 Å². The van der Waals surface area contributed by atoms with Crippen molar-refractivity contribution >= 4 is 33.2 Å². The quantitative estimate of drug-likeness (QED) is 0.806. The van der Waals surface area contributed by atoms with Crippen LogP contribution in [0.15, 0.2) is 46.3 Å². The number of halogens is 1. The van der Waals surface area contributed by atoms with E-state index in [9.17, 15) is 4.79 Å². The number of amides is 1. The van der Waals surface area contributed by atoms with Gasteiger partial charge in [-0.25, -0.2) is 0 Å². The molecule has 0 saturated heterocycles. The molecule has 1 heterocycles. The highest BCUT2D eigenvalue weighted by molar-refractivity contribution is 9.10. The lowest BCUT2D eigenvalue weighted by molar-refractivity contribution is -0.123. The molecule has 2 aromatic rings. The largest absolute Gasteiger partial charge is 0.353 e. The van der Waals surface area contributed by atoms with E-state index in [2.05, 4.69) is 69.9 Å². The fourth-order valence-corrected chi connectivity index (χ4v) is 4.10. The monoisotopic (exact) mass is 392 g/mol. The van der Waals surface area contributed by atoms with Crippen LogP contribution in [0.25, 0.3) is 0 Å². The van der Waals surface area contributed by atoms with Crippen LogP contribution in [-0.2, 0) is 10.2 Å². The SMILES string of the molecule is CN(C)[C@H](CNC(=O)C1(c2ccc(Br)cc2)CC1)c1cccs1. The second-order valence-corrected chi connectivity index (χ2v) is 8.19. The predicted molar refractivity (Wildman–Crippen MR) is 98.8 cm³/mol. The van der Waals surface area contributed by atoms with Crippen molar-refractivity contribution in [3.63, 3.8) is 0 Å². The first-order valence-corrected chi connectivity index (χ1v) is 9.44. The van der Waals surface area contributed by atoms with Crippen molar-refractivity contribution in [2.75, 3.05) is 20.6 Å². The highest BCUT2D eigenvalue weighted by Gasteiger charge is 2.51. The highest BCUT2D eigenvalue weighted by atomic mass is 79.9. The summed E-state index contributed by atoms with van der Waals surface area (Å²) in [6.07, 6.45) is 1.87. The zero-order chi connectivity index (χ0) is 16.4. The zero-order valence-electron chi connectivity index (χ0n) is 13.4. The lowest BCUT2D eigenvalue weighted by Gasteiger charge is -2.25. The molecular weight excluding hydrogens is 372 g/mol. The van der Waals surface area contributed by atoms with Crippen LogP contribution in [0.2, 0.25) is 0 Å². The molecule has 5 heteroatoms. The minimum absolute atomic E-state index is 0.156. The highest BCUT2D eigenvalue weighted by Crippen LogP contribution is 2.48. The van der Waals surface area contributed by atoms with Gasteiger partial charge in [0.2, 0.25) is 5.91 Å². The van der Waals surface area contributed by atoms with Crippen LogP contribution in [0.1, 0.15) is 29.3 Å². The maximum atomic E-state index is 12.8. The number of hydrogen-bond donors (Lipinski definition) is 1. The van der Waals surface area contributed by atoms with Gasteiger partial charge in [-0.1, -0.05) is 34.1 Å². The van der Waals surface area contributed by atoms with Gasteiger partial charge in [0.05, 0.1) is 11.5 Å². The van der Waals surface area contributed by atoms with Gasteiger partial charge in [0.1, 0.15) is 0 Å². The number of thiophene rings is 1. The summed E-state index contributed by atoms with van der Waals surface area (Å²) in [7, 11) is 4.11. The number of nitrogens with zero attached hydrogens (tertiary/aromatic N) is 1. The summed E-state index contributed by atoms with van der Waals surface area (Å²) in [5.74, 6) is 0.156. The first kappa shape index (κ1) is 16.7. The second kappa shape index (κ2) is 6.75. The summed E-state index contributed by atoms with van der Waals surface area (Å²) in [5.41, 5.74) is 0.809. The van der Waals surface area contributed by atoms with Crippen LogP contribution in [0.3, 0.4) is 0 Å². The maximum absolute atomic E-state index is 12.8. The number of hydrogen-bond acceptors (Lipinski definition) is 3. The zero-order valence-corrected chi connectivity index (χ0v) is 15.8. The number of carbonyl (C=O) groups excluding carboxylic acids is 1. The lowest BCUT2D eigenvalue weighted by atomic mass is 9.95. The molecule has 122 valence electrons. The van der Waals surface area contributed by atoms with Gasteiger partial charge >= 0.3 is 0 Å². The fourth-order valence-electron chi connectivity index (χ4n) is 2.92. The topological polar surface area (TPSA) is 32.3 Å². The van der Waals surface area contributed by atoms with Crippen molar-refractivity contribution < 1.29 is 4.79 Å². The third kappa shape index (κ3) is 3.52. The summed E-state index contributed by atoms with van der Waals surface area (Å²) in [5, 5.41) is 5.26. The molecule has 23 heavy (non-hydrogen) atoms. The maximum Gasteiger partial charge on any atom is 0.230 e. The molecule has 0 aliphatic heterocycles. The van der Waals surface area contributed by atoms with Crippen LogP contribution in [0, 0.1) is 0 Å². The van der Waals surface area contributed by atoms with Crippen LogP contribution in [0.4, 0.5) is 0 Å². The van der Waals surface area contributed by atoms with E-state index in [0.29, 0.717) is 6.54 Å². The van der Waals surface area contributed by atoms with E-state index in [1.54, 1.807) is 11.3 Å². The van der Waals surface area contributed by atoms with Gasteiger partial charge in [0, 0.05) is 15.9 Å². The normalized spacial score (nSPS) is 17.0. The molecule has 1 amide bonds. The van der Waals surface area contributed by atoms with Gasteiger partial charge < -0.3 is 10.2 Å². The molecule has 1 fully saturated rings. The molecule has 1 atom stereocenters. The Morgan fingerprint density at radius 1 is 1.30 bits per heavy atom. The molecule has 1 aliphatic carbocycles. The summed E-state index contributed by atoms with van der Waals surface area (Å²) >= 11 is 5.19. The van der Waals surface area contributed by atoms with Gasteiger partial charge in [0.15, 0.2) is 0 Å². The van der Waals surface area contributed by atoms with E-state index in [1.807, 2.05) is 12.1 Å². The minimum atomic E-state index is -0.312. The molecule has 1 N–H and O–H groups in total. The van der Waals surface area contributed by atoms with Gasteiger partial charge in [-0.3, -0.25) is 4.79 Å².